The fourth-order valence-electron chi connectivity index (χ4n) is 1.77. The molecule has 1 aliphatic rings. The summed E-state index contributed by atoms with van der Waals surface area (Å²) in [4.78, 5) is 11.1. The van der Waals surface area contributed by atoms with Crippen molar-refractivity contribution in [2.75, 3.05) is 6.61 Å². The molecule has 1 saturated heterocycles. The van der Waals surface area contributed by atoms with Gasteiger partial charge in [-0.25, -0.2) is 4.79 Å². The molecule has 0 radical (unpaired) electrons. The molecular weight excluding hydrogens is 192 g/mol. The third-order valence-corrected chi connectivity index (χ3v) is 2.71. The molecule has 0 amide bonds. The number of epoxide rings is 1. The Morgan fingerprint density at radius 1 is 1.53 bits per heavy atom. The summed E-state index contributed by atoms with van der Waals surface area (Å²) in [6.45, 7) is 3.94. The number of hydrogen-bond acceptors (Lipinski definition) is 2. The molecule has 1 fully saturated rings. The number of ether oxygens (including phenoxy) is 1. The highest BCUT2D eigenvalue weighted by Gasteiger charge is 2.58. The lowest BCUT2D eigenvalue weighted by Crippen LogP contribution is -2.30. The molecule has 2 rings (SSSR count). The normalized spacial score (nSPS) is 25.6. The van der Waals surface area contributed by atoms with Crippen LogP contribution in [0.1, 0.15) is 11.5 Å². The number of benzene rings is 1. The first-order valence-corrected chi connectivity index (χ1v) is 4.75. The number of aliphatic carboxylic acids is 1. The molecule has 78 valence electrons. The Kier molecular flexibility index (Phi) is 2.32. The van der Waals surface area contributed by atoms with Crippen LogP contribution < -0.4 is 0 Å². The van der Waals surface area contributed by atoms with Crippen LogP contribution in [0.25, 0.3) is 0 Å². The van der Waals surface area contributed by atoms with Crippen molar-refractivity contribution in [2.45, 2.75) is 11.5 Å². The van der Waals surface area contributed by atoms with E-state index >= 15 is 0 Å². The molecule has 2 atom stereocenters. The number of carboxylic acid groups (broad SMARTS) is 1. The van der Waals surface area contributed by atoms with E-state index in [9.17, 15) is 4.79 Å². The van der Waals surface area contributed by atoms with E-state index in [1.165, 1.54) is 0 Å². The zero-order chi connectivity index (χ0) is 10.9. The molecule has 1 heterocycles. The van der Waals surface area contributed by atoms with Gasteiger partial charge in [-0.2, -0.15) is 0 Å². The summed E-state index contributed by atoms with van der Waals surface area (Å²) in [6.07, 6.45) is 1.64. The molecule has 1 aromatic carbocycles. The van der Waals surface area contributed by atoms with Gasteiger partial charge in [-0.3, -0.25) is 0 Å². The second-order valence-electron chi connectivity index (χ2n) is 3.61. The van der Waals surface area contributed by atoms with Crippen molar-refractivity contribution >= 4 is 5.97 Å². The summed E-state index contributed by atoms with van der Waals surface area (Å²) in [5.74, 6) is -1.20. The van der Waals surface area contributed by atoms with E-state index in [2.05, 4.69) is 6.58 Å². The Labute approximate surface area is 88.0 Å². The van der Waals surface area contributed by atoms with E-state index in [0.29, 0.717) is 0 Å². The Morgan fingerprint density at radius 3 is 2.53 bits per heavy atom. The first-order chi connectivity index (χ1) is 7.20. The van der Waals surface area contributed by atoms with E-state index in [-0.39, 0.29) is 12.5 Å². The predicted molar refractivity (Wildman–Crippen MR) is 55.7 cm³/mol. The van der Waals surface area contributed by atoms with Crippen LogP contribution in [0, 0.1) is 0 Å². The molecule has 1 aliphatic heterocycles. The van der Waals surface area contributed by atoms with Crippen LogP contribution in [0.2, 0.25) is 0 Å². The zero-order valence-electron chi connectivity index (χ0n) is 8.22. The van der Waals surface area contributed by atoms with Crippen molar-refractivity contribution < 1.29 is 14.6 Å². The highest BCUT2D eigenvalue weighted by molar-refractivity contribution is 5.82. The average molecular weight is 204 g/mol. The van der Waals surface area contributed by atoms with Crippen molar-refractivity contribution in [1.29, 1.82) is 0 Å². The third kappa shape index (κ3) is 1.55. The molecule has 2 unspecified atom stereocenters. The molecule has 0 spiro atoms. The van der Waals surface area contributed by atoms with Gasteiger partial charge in [0.05, 0.1) is 6.61 Å². The topological polar surface area (TPSA) is 49.8 Å². The van der Waals surface area contributed by atoms with E-state index in [1.807, 2.05) is 30.3 Å². The Morgan fingerprint density at radius 2 is 2.13 bits per heavy atom. The van der Waals surface area contributed by atoms with Gasteiger partial charge in [0.1, 0.15) is 0 Å². The minimum Gasteiger partial charge on any atom is -0.479 e. The maximum Gasteiger partial charge on any atom is 0.339 e. The van der Waals surface area contributed by atoms with E-state index < -0.39 is 11.6 Å². The van der Waals surface area contributed by atoms with Crippen molar-refractivity contribution in [1.82, 2.24) is 0 Å². The Balaban J connectivity index is 2.34. The van der Waals surface area contributed by atoms with Crippen molar-refractivity contribution in [3.05, 3.63) is 48.6 Å². The quantitative estimate of drug-likeness (QED) is 0.601. The molecule has 0 saturated carbocycles. The largest absolute Gasteiger partial charge is 0.479 e. The lowest BCUT2D eigenvalue weighted by molar-refractivity contribution is -0.143. The average Bonchev–Trinajstić information content (AvgIpc) is 3.02. The van der Waals surface area contributed by atoms with E-state index in [4.69, 9.17) is 9.84 Å². The van der Waals surface area contributed by atoms with Crippen molar-refractivity contribution in [2.24, 2.45) is 0 Å². The minimum absolute atomic E-state index is 0.258. The number of carboxylic acids is 1. The lowest BCUT2D eigenvalue weighted by atomic mass is 9.86. The summed E-state index contributed by atoms with van der Waals surface area (Å²) in [5.41, 5.74) is -0.157. The second-order valence-corrected chi connectivity index (χ2v) is 3.61. The van der Waals surface area contributed by atoms with Crippen LogP contribution in [0.15, 0.2) is 43.0 Å². The van der Waals surface area contributed by atoms with Crippen LogP contribution in [0.3, 0.4) is 0 Å². The first-order valence-electron chi connectivity index (χ1n) is 4.75. The van der Waals surface area contributed by atoms with Gasteiger partial charge in [-0.05, 0) is 5.56 Å². The molecule has 3 heteroatoms. The van der Waals surface area contributed by atoms with Gasteiger partial charge in [-0.1, -0.05) is 36.4 Å². The van der Waals surface area contributed by atoms with Crippen LogP contribution in [-0.2, 0) is 9.53 Å². The molecule has 1 N–H and O–H groups in total. The summed E-state index contributed by atoms with van der Waals surface area (Å²) < 4.78 is 5.09. The second kappa shape index (κ2) is 3.51. The van der Waals surface area contributed by atoms with Crippen LogP contribution >= 0.6 is 0 Å². The monoisotopic (exact) mass is 204 g/mol. The Bertz CT molecular complexity index is 379. The maximum atomic E-state index is 11.1. The van der Waals surface area contributed by atoms with Crippen molar-refractivity contribution in [3.8, 4) is 0 Å². The van der Waals surface area contributed by atoms with Gasteiger partial charge in [0, 0.05) is 5.92 Å². The van der Waals surface area contributed by atoms with E-state index in [1.54, 1.807) is 6.08 Å². The van der Waals surface area contributed by atoms with Gasteiger partial charge in [0.25, 0.3) is 0 Å². The summed E-state index contributed by atoms with van der Waals surface area (Å²) in [6, 6.07) is 9.43. The molecular formula is C12H12O3. The van der Waals surface area contributed by atoms with Crippen molar-refractivity contribution in [3.63, 3.8) is 0 Å². The SMILES string of the molecule is C=CC(c1ccccc1)C1(C(=O)O)CO1. The molecule has 0 aliphatic carbocycles. The third-order valence-electron chi connectivity index (χ3n) is 2.71. The highest BCUT2D eigenvalue weighted by Crippen LogP contribution is 2.42. The number of rotatable bonds is 4. The molecule has 0 aromatic heterocycles. The van der Waals surface area contributed by atoms with Gasteiger partial charge in [-0.15, -0.1) is 6.58 Å². The molecule has 0 bridgehead atoms. The van der Waals surface area contributed by atoms with Gasteiger partial charge in [0.15, 0.2) is 5.60 Å². The maximum absolute atomic E-state index is 11.1. The lowest BCUT2D eigenvalue weighted by Gasteiger charge is -2.17. The first kappa shape index (κ1) is 9.93. The van der Waals surface area contributed by atoms with Gasteiger partial charge in [0.2, 0.25) is 0 Å². The summed E-state index contributed by atoms with van der Waals surface area (Å²) >= 11 is 0. The smallest absolute Gasteiger partial charge is 0.339 e. The standard InChI is InChI=1S/C12H12O3/c1-2-10(9-6-4-3-5-7-9)12(8-15-12)11(13)14/h2-7,10H,1,8H2,(H,13,14). The zero-order valence-corrected chi connectivity index (χ0v) is 8.22. The molecule has 1 aromatic rings. The van der Waals surface area contributed by atoms with Gasteiger partial charge >= 0.3 is 5.97 Å². The van der Waals surface area contributed by atoms with E-state index in [0.717, 1.165) is 5.56 Å². The predicted octanol–water partition coefficient (Wildman–Crippen LogP) is 1.81. The van der Waals surface area contributed by atoms with Crippen LogP contribution in [0.4, 0.5) is 0 Å². The fourth-order valence-corrected chi connectivity index (χ4v) is 1.77. The van der Waals surface area contributed by atoms with Crippen LogP contribution in [-0.4, -0.2) is 23.3 Å². The number of hydrogen-bond donors (Lipinski definition) is 1. The Hall–Kier alpha value is -1.61. The highest BCUT2D eigenvalue weighted by atomic mass is 16.6. The molecule has 3 nitrogen and oxygen atoms in total. The molecule has 15 heavy (non-hydrogen) atoms. The van der Waals surface area contributed by atoms with Crippen LogP contribution in [0.5, 0.6) is 0 Å². The summed E-state index contributed by atoms with van der Waals surface area (Å²) in [7, 11) is 0. The minimum atomic E-state index is -1.08. The van der Waals surface area contributed by atoms with Gasteiger partial charge < -0.3 is 9.84 Å². The number of carbonyl (C=O) groups is 1. The fraction of sp³-hybridized carbons (Fsp3) is 0.250. The summed E-state index contributed by atoms with van der Waals surface area (Å²) in [5, 5.41) is 9.09.